The SMILES string of the molecule is COc1ccc(NC(=O)NCC(O)COc2cccc(C(F)(F)F)c2)cc1Cl. The van der Waals surface area contributed by atoms with Crippen molar-refractivity contribution in [1.29, 1.82) is 0 Å². The number of urea groups is 1. The maximum absolute atomic E-state index is 12.6. The topological polar surface area (TPSA) is 79.8 Å². The third-order valence-corrected chi connectivity index (χ3v) is 3.81. The summed E-state index contributed by atoms with van der Waals surface area (Å²) < 4.78 is 48.1. The summed E-state index contributed by atoms with van der Waals surface area (Å²) >= 11 is 5.96. The molecule has 2 amide bonds. The highest BCUT2D eigenvalue weighted by Gasteiger charge is 2.30. The highest BCUT2D eigenvalue weighted by molar-refractivity contribution is 6.32. The molecule has 0 heterocycles. The third-order valence-electron chi connectivity index (χ3n) is 3.51. The second-order valence-electron chi connectivity index (χ2n) is 5.67. The van der Waals surface area contributed by atoms with Gasteiger partial charge in [0.1, 0.15) is 24.2 Å². The molecule has 0 saturated heterocycles. The zero-order chi connectivity index (χ0) is 20.7. The van der Waals surface area contributed by atoms with Crippen molar-refractivity contribution in [2.75, 3.05) is 25.6 Å². The molecule has 1 atom stereocenters. The zero-order valence-corrected chi connectivity index (χ0v) is 15.5. The number of hydrogen-bond donors (Lipinski definition) is 3. The molecule has 1 unspecified atom stereocenters. The van der Waals surface area contributed by atoms with Gasteiger partial charge in [-0.2, -0.15) is 13.2 Å². The van der Waals surface area contributed by atoms with Crippen LogP contribution in [0.5, 0.6) is 11.5 Å². The standard InChI is InChI=1S/C18H18ClF3N2O4/c1-27-16-6-5-12(8-15(16)19)24-17(26)23-9-13(25)10-28-14-4-2-3-11(7-14)18(20,21)22/h2-8,13,25H,9-10H2,1H3,(H2,23,24,26). The largest absolute Gasteiger partial charge is 0.495 e. The summed E-state index contributed by atoms with van der Waals surface area (Å²) in [5.74, 6) is 0.418. The molecule has 3 N–H and O–H groups in total. The molecule has 2 aromatic rings. The van der Waals surface area contributed by atoms with Crippen LogP contribution in [0.2, 0.25) is 5.02 Å². The lowest BCUT2D eigenvalue weighted by molar-refractivity contribution is -0.137. The average Bonchev–Trinajstić information content (AvgIpc) is 2.64. The van der Waals surface area contributed by atoms with Gasteiger partial charge in [0.15, 0.2) is 0 Å². The van der Waals surface area contributed by atoms with Crippen molar-refractivity contribution >= 4 is 23.3 Å². The fourth-order valence-corrected chi connectivity index (χ4v) is 2.40. The van der Waals surface area contributed by atoms with Gasteiger partial charge in [-0.05, 0) is 36.4 Å². The highest BCUT2D eigenvalue weighted by Crippen LogP contribution is 2.31. The Labute approximate surface area is 164 Å². The summed E-state index contributed by atoms with van der Waals surface area (Å²) in [6, 6.07) is 8.35. The summed E-state index contributed by atoms with van der Waals surface area (Å²) in [6.45, 7) is -0.468. The fraction of sp³-hybridized carbons (Fsp3) is 0.278. The lowest BCUT2D eigenvalue weighted by atomic mass is 10.2. The predicted molar refractivity (Wildman–Crippen MR) is 98.0 cm³/mol. The Morgan fingerprint density at radius 3 is 2.64 bits per heavy atom. The quantitative estimate of drug-likeness (QED) is 0.636. The van der Waals surface area contributed by atoms with Crippen molar-refractivity contribution < 1.29 is 32.5 Å². The first-order valence-corrected chi connectivity index (χ1v) is 8.43. The highest BCUT2D eigenvalue weighted by atomic mass is 35.5. The van der Waals surface area contributed by atoms with Crippen molar-refractivity contribution in [1.82, 2.24) is 5.32 Å². The lowest BCUT2D eigenvalue weighted by Crippen LogP contribution is -2.37. The Balaban J connectivity index is 1.78. The number of benzene rings is 2. The van der Waals surface area contributed by atoms with Gasteiger partial charge in [0.25, 0.3) is 0 Å². The maximum Gasteiger partial charge on any atom is 0.416 e. The molecule has 28 heavy (non-hydrogen) atoms. The van der Waals surface area contributed by atoms with Gasteiger partial charge in [0.05, 0.1) is 17.7 Å². The van der Waals surface area contributed by atoms with E-state index in [1.807, 2.05) is 0 Å². The number of hydrogen-bond acceptors (Lipinski definition) is 4. The van der Waals surface area contributed by atoms with Gasteiger partial charge in [-0.3, -0.25) is 0 Å². The number of ether oxygens (including phenoxy) is 2. The number of anilines is 1. The number of carbonyl (C=O) groups excluding carboxylic acids is 1. The summed E-state index contributed by atoms with van der Waals surface area (Å²) in [5, 5.41) is 15.1. The van der Waals surface area contributed by atoms with Crippen LogP contribution in [0.1, 0.15) is 5.56 Å². The normalized spacial score (nSPS) is 12.2. The van der Waals surface area contributed by atoms with Crippen LogP contribution >= 0.6 is 11.6 Å². The van der Waals surface area contributed by atoms with Crippen molar-refractivity contribution in [3.8, 4) is 11.5 Å². The van der Waals surface area contributed by atoms with E-state index in [1.165, 1.54) is 25.3 Å². The number of nitrogens with one attached hydrogen (secondary N) is 2. The Hall–Kier alpha value is -2.65. The molecule has 0 saturated carbocycles. The number of alkyl halides is 3. The number of aliphatic hydroxyl groups excluding tert-OH is 1. The molecule has 0 aliphatic rings. The number of halogens is 4. The smallest absolute Gasteiger partial charge is 0.416 e. The number of methoxy groups -OCH3 is 1. The first kappa shape index (κ1) is 21.6. The van der Waals surface area contributed by atoms with E-state index in [9.17, 15) is 23.1 Å². The Kier molecular flexibility index (Phi) is 7.36. The zero-order valence-electron chi connectivity index (χ0n) is 14.7. The molecule has 10 heteroatoms. The number of rotatable bonds is 7. The van der Waals surface area contributed by atoms with Crippen LogP contribution < -0.4 is 20.1 Å². The van der Waals surface area contributed by atoms with Crippen LogP contribution in [0.4, 0.5) is 23.7 Å². The van der Waals surface area contributed by atoms with Crippen molar-refractivity contribution in [2.24, 2.45) is 0 Å². The van der Waals surface area contributed by atoms with Gasteiger partial charge in [0.2, 0.25) is 0 Å². The van der Waals surface area contributed by atoms with E-state index in [-0.39, 0.29) is 18.9 Å². The van der Waals surface area contributed by atoms with Gasteiger partial charge in [0, 0.05) is 12.2 Å². The maximum atomic E-state index is 12.6. The fourth-order valence-electron chi connectivity index (χ4n) is 2.14. The van der Waals surface area contributed by atoms with Gasteiger partial charge >= 0.3 is 12.2 Å². The molecule has 2 aromatic carbocycles. The molecule has 6 nitrogen and oxygen atoms in total. The average molecular weight is 419 g/mol. The second-order valence-corrected chi connectivity index (χ2v) is 6.08. The van der Waals surface area contributed by atoms with Crippen LogP contribution in [-0.2, 0) is 6.18 Å². The minimum Gasteiger partial charge on any atom is -0.495 e. The molecule has 2 rings (SSSR count). The molecule has 0 spiro atoms. The van der Waals surface area contributed by atoms with E-state index in [0.717, 1.165) is 12.1 Å². The third kappa shape index (κ3) is 6.50. The molecule has 152 valence electrons. The second kappa shape index (κ2) is 9.52. The first-order chi connectivity index (χ1) is 13.2. The van der Waals surface area contributed by atoms with E-state index >= 15 is 0 Å². The van der Waals surface area contributed by atoms with Crippen LogP contribution in [0.15, 0.2) is 42.5 Å². The number of aliphatic hydroxyl groups is 1. The summed E-state index contributed by atoms with van der Waals surface area (Å²) in [4.78, 5) is 11.8. The predicted octanol–water partition coefficient (Wildman–Crippen LogP) is 3.93. The Bertz CT molecular complexity index is 818. The van der Waals surface area contributed by atoms with E-state index in [2.05, 4.69) is 10.6 Å². The van der Waals surface area contributed by atoms with Crippen molar-refractivity contribution in [3.05, 3.63) is 53.1 Å². The molecular formula is C18H18ClF3N2O4. The molecule has 0 aromatic heterocycles. The van der Waals surface area contributed by atoms with Gasteiger partial charge in [-0.15, -0.1) is 0 Å². The summed E-state index contributed by atoms with van der Waals surface area (Å²) in [7, 11) is 1.46. The lowest BCUT2D eigenvalue weighted by Gasteiger charge is -2.15. The molecular weight excluding hydrogens is 401 g/mol. The molecule has 0 radical (unpaired) electrons. The van der Waals surface area contributed by atoms with Crippen molar-refractivity contribution in [3.63, 3.8) is 0 Å². The molecule has 0 aliphatic carbocycles. The Morgan fingerprint density at radius 2 is 2.00 bits per heavy atom. The van der Waals surface area contributed by atoms with E-state index < -0.39 is 23.9 Å². The summed E-state index contributed by atoms with van der Waals surface area (Å²) in [5.41, 5.74) is -0.437. The minimum atomic E-state index is -4.48. The number of carbonyl (C=O) groups is 1. The van der Waals surface area contributed by atoms with Gasteiger partial charge < -0.3 is 25.2 Å². The molecule has 0 bridgehead atoms. The van der Waals surface area contributed by atoms with Crippen molar-refractivity contribution in [2.45, 2.75) is 12.3 Å². The minimum absolute atomic E-state index is 0.0359. The van der Waals surface area contributed by atoms with E-state index in [1.54, 1.807) is 12.1 Å². The van der Waals surface area contributed by atoms with Crippen LogP contribution in [0.25, 0.3) is 0 Å². The van der Waals surface area contributed by atoms with E-state index in [0.29, 0.717) is 16.5 Å². The number of amides is 2. The van der Waals surface area contributed by atoms with Crippen LogP contribution in [0, 0.1) is 0 Å². The monoisotopic (exact) mass is 418 g/mol. The van der Waals surface area contributed by atoms with Gasteiger partial charge in [-0.25, -0.2) is 4.79 Å². The van der Waals surface area contributed by atoms with E-state index in [4.69, 9.17) is 21.1 Å². The summed E-state index contributed by atoms with van der Waals surface area (Å²) in [6.07, 6.45) is -5.61. The van der Waals surface area contributed by atoms with Crippen LogP contribution in [-0.4, -0.2) is 37.5 Å². The van der Waals surface area contributed by atoms with Crippen LogP contribution in [0.3, 0.4) is 0 Å². The molecule has 0 aliphatic heterocycles. The molecule has 0 fully saturated rings. The Morgan fingerprint density at radius 1 is 1.25 bits per heavy atom. The first-order valence-electron chi connectivity index (χ1n) is 8.05. The van der Waals surface area contributed by atoms with Gasteiger partial charge in [-0.1, -0.05) is 17.7 Å².